The summed E-state index contributed by atoms with van der Waals surface area (Å²) in [6.45, 7) is 9.34. The van der Waals surface area contributed by atoms with Crippen LogP contribution < -0.4 is 5.32 Å². The number of epoxide rings is 1. The number of Topliss-reactive ketones (excluding diaryl/α,β-unsaturated/α-hetero) is 2. The summed E-state index contributed by atoms with van der Waals surface area (Å²) in [5, 5.41) is 12.5. The van der Waals surface area contributed by atoms with Crippen molar-refractivity contribution in [2.24, 2.45) is 11.8 Å². The predicted molar refractivity (Wildman–Crippen MR) is 105 cm³/mol. The van der Waals surface area contributed by atoms with E-state index in [1.165, 1.54) is 6.08 Å². The number of fused-ring (bicyclic) bond motifs is 4. The number of hydrogen-bond donors (Lipinski definition) is 2. The van der Waals surface area contributed by atoms with Crippen LogP contribution in [0.3, 0.4) is 0 Å². The van der Waals surface area contributed by atoms with Gasteiger partial charge in [0.2, 0.25) is 0 Å². The topological polar surface area (TPSA) is 114 Å². The standard InChI is InChI=1S/C22H27NO7/c1-10(6-7-13(24)15-14(25)9-23-20(15)27)8-11(2)17-12(3)18-16(26)19-21(4,30-19)22(5,28-17)29-18/h6-8,11-12,17-19,24H,9H2,1-5H3,(H,23,27)/b7-6+,10-8+,15-13+/t11-,12-,17-,18-,19+,21+,22+/m1/s1. The molecule has 8 heteroatoms. The maximum absolute atomic E-state index is 12.7. The molecule has 4 fully saturated rings. The number of carbonyl (C=O) groups excluding carboxylic acids is 3. The number of carbonyl (C=O) groups is 3. The Morgan fingerprint density at radius 3 is 2.53 bits per heavy atom. The molecule has 0 saturated carbocycles. The van der Waals surface area contributed by atoms with Crippen molar-refractivity contribution in [1.82, 2.24) is 5.32 Å². The fourth-order valence-electron chi connectivity index (χ4n) is 4.67. The van der Waals surface area contributed by atoms with Crippen LogP contribution in [-0.4, -0.2) is 58.8 Å². The second-order valence-corrected chi connectivity index (χ2v) is 8.90. The molecule has 4 rings (SSSR count). The highest BCUT2D eigenvalue weighted by atomic mass is 16.8. The van der Waals surface area contributed by atoms with Crippen molar-refractivity contribution in [3.8, 4) is 0 Å². The summed E-state index contributed by atoms with van der Waals surface area (Å²) in [6, 6.07) is 0. The van der Waals surface area contributed by atoms with Gasteiger partial charge >= 0.3 is 0 Å². The lowest BCUT2D eigenvalue weighted by atomic mass is 9.78. The highest BCUT2D eigenvalue weighted by Crippen LogP contribution is 2.57. The maximum Gasteiger partial charge on any atom is 0.259 e. The third-order valence-electron chi connectivity index (χ3n) is 6.67. The van der Waals surface area contributed by atoms with Crippen LogP contribution in [0, 0.1) is 11.8 Å². The molecule has 2 bridgehead atoms. The zero-order chi connectivity index (χ0) is 22.0. The van der Waals surface area contributed by atoms with Crippen molar-refractivity contribution in [2.75, 3.05) is 6.54 Å². The number of hydrogen-bond acceptors (Lipinski definition) is 7. The van der Waals surface area contributed by atoms with Gasteiger partial charge in [0, 0.05) is 11.8 Å². The number of aliphatic hydroxyl groups excluding tert-OH is 1. The number of ketones is 2. The number of ether oxygens (including phenoxy) is 3. The minimum Gasteiger partial charge on any atom is -0.507 e. The number of nitrogens with one attached hydrogen (secondary N) is 1. The molecular weight excluding hydrogens is 390 g/mol. The van der Waals surface area contributed by atoms with Crippen LogP contribution in [0.15, 0.2) is 35.1 Å². The van der Waals surface area contributed by atoms with Crippen LogP contribution in [0.2, 0.25) is 0 Å². The minimum atomic E-state index is -0.988. The number of allylic oxidation sites excluding steroid dienone is 3. The van der Waals surface area contributed by atoms with Gasteiger partial charge in [-0.15, -0.1) is 0 Å². The molecule has 1 amide bonds. The Kier molecular flexibility index (Phi) is 4.80. The van der Waals surface area contributed by atoms with Crippen molar-refractivity contribution in [2.45, 2.75) is 64.3 Å². The predicted octanol–water partition coefficient (Wildman–Crippen LogP) is 1.51. The third-order valence-corrected chi connectivity index (χ3v) is 6.67. The van der Waals surface area contributed by atoms with Gasteiger partial charge in [0.15, 0.2) is 29.1 Å². The van der Waals surface area contributed by atoms with Gasteiger partial charge in [-0.1, -0.05) is 31.6 Å². The number of rotatable bonds is 4. The van der Waals surface area contributed by atoms with Crippen LogP contribution in [0.4, 0.5) is 0 Å². The smallest absolute Gasteiger partial charge is 0.259 e. The molecule has 4 heterocycles. The normalized spacial score (nSPS) is 43.5. The lowest BCUT2D eigenvalue weighted by Crippen LogP contribution is -2.66. The molecule has 0 aromatic rings. The molecule has 7 atom stereocenters. The van der Waals surface area contributed by atoms with Crippen LogP contribution in [0.25, 0.3) is 0 Å². The van der Waals surface area contributed by atoms with Gasteiger partial charge in [-0.3, -0.25) is 14.4 Å². The Balaban J connectivity index is 1.51. The van der Waals surface area contributed by atoms with E-state index in [1.54, 1.807) is 6.08 Å². The molecular formula is C22H27NO7. The second-order valence-electron chi connectivity index (χ2n) is 8.90. The first-order valence-corrected chi connectivity index (χ1v) is 10.2. The van der Waals surface area contributed by atoms with E-state index in [0.717, 1.165) is 5.57 Å². The monoisotopic (exact) mass is 417 g/mol. The van der Waals surface area contributed by atoms with E-state index in [4.69, 9.17) is 14.2 Å². The van der Waals surface area contributed by atoms with Crippen molar-refractivity contribution in [3.05, 3.63) is 35.1 Å². The van der Waals surface area contributed by atoms with E-state index in [2.05, 4.69) is 5.32 Å². The Hall–Kier alpha value is -2.29. The Morgan fingerprint density at radius 2 is 1.90 bits per heavy atom. The SMILES string of the molecule is CC(/C=C/C(O)=C1/C(=O)CNC1=O)=C\[C@@H](C)[C@H]1O[C@@]2(C)O[C@@H](C(=O)[C@@H]3O[C@@]32C)[C@@H]1C. The van der Waals surface area contributed by atoms with Crippen molar-refractivity contribution in [1.29, 1.82) is 0 Å². The molecule has 0 aromatic heterocycles. The van der Waals surface area contributed by atoms with Gasteiger partial charge < -0.3 is 24.6 Å². The van der Waals surface area contributed by atoms with Gasteiger partial charge in [-0.05, 0) is 26.8 Å². The first kappa shape index (κ1) is 21.0. The van der Waals surface area contributed by atoms with Gasteiger partial charge in [-0.2, -0.15) is 0 Å². The van der Waals surface area contributed by atoms with E-state index in [-0.39, 0.29) is 41.6 Å². The first-order valence-electron chi connectivity index (χ1n) is 10.2. The van der Waals surface area contributed by atoms with Crippen molar-refractivity contribution in [3.63, 3.8) is 0 Å². The number of aliphatic hydroxyl groups is 1. The summed E-state index contributed by atoms with van der Waals surface area (Å²) in [5.74, 6) is -2.59. The summed E-state index contributed by atoms with van der Waals surface area (Å²) < 4.78 is 18.0. The summed E-state index contributed by atoms with van der Waals surface area (Å²) in [5.41, 5.74) is -0.167. The van der Waals surface area contributed by atoms with Gasteiger partial charge in [0.05, 0.1) is 12.6 Å². The average molecular weight is 417 g/mol. The second kappa shape index (κ2) is 6.87. The minimum absolute atomic E-state index is 0.0281. The molecule has 4 aliphatic rings. The molecule has 4 aliphatic heterocycles. The zero-order valence-corrected chi connectivity index (χ0v) is 17.7. The Bertz CT molecular complexity index is 900. The van der Waals surface area contributed by atoms with Gasteiger partial charge in [-0.25, -0.2) is 0 Å². The fourth-order valence-corrected chi connectivity index (χ4v) is 4.67. The fraction of sp³-hybridized carbons (Fsp3) is 0.591. The largest absolute Gasteiger partial charge is 0.507 e. The highest BCUT2D eigenvalue weighted by molar-refractivity contribution is 6.25. The third kappa shape index (κ3) is 3.05. The molecule has 0 radical (unpaired) electrons. The summed E-state index contributed by atoms with van der Waals surface area (Å²) in [6.07, 6.45) is 3.64. The summed E-state index contributed by atoms with van der Waals surface area (Å²) >= 11 is 0. The summed E-state index contributed by atoms with van der Waals surface area (Å²) in [7, 11) is 0. The first-order chi connectivity index (χ1) is 14.0. The highest BCUT2D eigenvalue weighted by Gasteiger charge is 2.76. The van der Waals surface area contributed by atoms with E-state index >= 15 is 0 Å². The van der Waals surface area contributed by atoms with E-state index in [1.807, 2.05) is 40.7 Å². The van der Waals surface area contributed by atoms with E-state index in [9.17, 15) is 19.5 Å². The van der Waals surface area contributed by atoms with Crippen LogP contribution in [-0.2, 0) is 28.6 Å². The lowest BCUT2D eigenvalue weighted by molar-refractivity contribution is -0.350. The maximum atomic E-state index is 12.7. The molecule has 162 valence electrons. The summed E-state index contributed by atoms with van der Waals surface area (Å²) in [4.78, 5) is 36.0. The quantitative estimate of drug-likeness (QED) is 0.234. The molecule has 4 saturated heterocycles. The molecule has 0 aromatic carbocycles. The van der Waals surface area contributed by atoms with Crippen molar-refractivity contribution < 1.29 is 33.7 Å². The van der Waals surface area contributed by atoms with Crippen LogP contribution >= 0.6 is 0 Å². The lowest BCUT2D eigenvalue weighted by Gasteiger charge is -2.51. The Morgan fingerprint density at radius 1 is 1.20 bits per heavy atom. The molecule has 0 aliphatic carbocycles. The van der Waals surface area contributed by atoms with Crippen LogP contribution in [0.5, 0.6) is 0 Å². The van der Waals surface area contributed by atoms with Crippen molar-refractivity contribution >= 4 is 17.5 Å². The number of amides is 1. The molecule has 0 spiro atoms. The van der Waals surface area contributed by atoms with Gasteiger partial charge in [0.1, 0.15) is 17.4 Å². The Labute approximate surface area is 174 Å². The van der Waals surface area contributed by atoms with E-state index < -0.39 is 35.3 Å². The molecule has 30 heavy (non-hydrogen) atoms. The van der Waals surface area contributed by atoms with Crippen LogP contribution in [0.1, 0.15) is 34.6 Å². The van der Waals surface area contributed by atoms with E-state index in [0.29, 0.717) is 0 Å². The molecule has 2 N–H and O–H groups in total. The molecule has 8 nitrogen and oxygen atoms in total. The molecule has 0 unspecified atom stereocenters. The average Bonchev–Trinajstić information content (AvgIpc) is 3.29. The van der Waals surface area contributed by atoms with Gasteiger partial charge in [0.25, 0.3) is 5.91 Å². The zero-order valence-electron chi connectivity index (χ0n) is 17.7.